The molecule has 1 aromatic rings. The number of carbonyl (C=O) groups is 4. The maximum Gasteiger partial charge on any atom is 0.310 e. The monoisotopic (exact) mass is 546 g/mol. The second kappa shape index (κ2) is 15.2. The molecular formula is C30H50N4O5. The Hall–Kier alpha value is -2.71. The normalized spacial score (nSPS) is 15.8. The van der Waals surface area contributed by atoms with E-state index < -0.39 is 35.7 Å². The molecule has 2 atom stereocenters. The van der Waals surface area contributed by atoms with Crippen LogP contribution in [0.15, 0.2) is 18.7 Å². The topological polar surface area (TPSA) is 111 Å². The summed E-state index contributed by atoms with van der Waals surface area (Å²) in [4.78, 5) is 56.8. The predicted molar refractivity (Wildman–Crippen MR) is 150 cm³/mol. The average molecular weight is 547 g/mol. The molecule has 0 radical (unpaired) electrons. The number of carbonyl (C=O) groups excluding carboxylic acids is 4. The van der Waals surface area contributed by atoms with Gasteiger partial charge in [-0.1, -0.05) is 66.2 Å². The van der Waals surface area contributed by atoms with Gasteiger partial charge in [-0.2, -0.15) is 0 Å². The highest BCUT2D eigenvalue weighted by molar-refractivity contribution is 5.98. The Morgan fingerprint density at radius 2 is 1.72 bits per heavy atom. The maximum atomic E-state index is 13.8. The molecule has 0 aromatic carbocycles. The second-order valence-electron chi connectivity index (χ2n) is 12.9. The van der Waals surface area contributed by atoms with E-state index >= 15 is 0 Å². The number of hydrogen-bond acceptors (Lipinski definition) is 6. The number of aromatic nitrogens is 2. The van der Waals surface area contributed by atoms with E-state index in [0.717, 1.165) is 12.8 Å². The van der Waals surface area contributed by atoms with E-state index in [9.17, 15) is 19.2 Å². The standard InChI is InChI=1S/C30H50N4O5/c1-21(2)17-25(24(29(38)39-30(5,6)7)14-10-13-23-11-8-9-12-23)28(37)32-34(19-22(3)4)27(36)18-26(35)33-16-15-31-20-33/h15-16,20-25H,8-14,17-19H2,1-7H3,(H,32,37)/t24-,25+/m0/s1. The van der Waals surface area contributed by atoms with Gasteiger partial charge in [0.1, 0.15) is 18.3 Å². The van der Waals surface area contributed by atoms with Gasteiger partial charge in [0.15, 0.2) is 0 Å². The smallest absolute Gasteiger partial charge is 0.310 e. The fraction of sp³-hybridized carbons (Fsp3) is 0.767. The highest BCUT2D eigenvalue weighted by atomic mass is 16.6. The van der Waals surface area contributed by atoms with E-state index in [2.05, 4.69) is 10.4 Å². The lowest BCUT2D eigenvalue weighted by molar-refractivity contribution is -0.165. The molecule has 9 heteroatoms. The third kappa shape index (κ3) is 11.5. The molecule has 39 heavy (non-hydrogen) atoms. The summed E-state index contributed by atoms with van der Waals surface area (Å²) >= 11 is 0. The van der Waals surface area contributed by atoms with Crippen LogP contribution in [0.1, 0.15) is 111 Å². The Morgan fingerprint density at radius 1 is 1.05 bits per heavy atom. The van der Waals surface area contributed by atoms with Gasteiger partial charge in [-0.25, -0.2) is 4.98 Å². The van der Waals surface area contributed by atoms with Gasteiger partial charge < -0.3 is 4.74 Å². The molecule has 1 aromatic heterocycles. The van der Waals surface area contributed by atoms with Crippen LogP contribution in [0.5, 0.6) is 0 Å². The lowest BCUT2D eigenvalue weighted by atomic mass is 9.81. The first kappa shape index (κ1) is 32.5. The Balaban J connectivity index is 2.23. The summed E-state index contributed by atoms with van der Waals surface area (Å²) in [7, 11) is 0. The number of nitrogens with one attached hydrogen (secondary N) is 1. The van der Waals surface area contributed by atoms with Crippen molar-refractivity contribution in [3.63, 3.8) is 0 Å². The van der Waals surface area contributed by atoms with E-state index in [0.29, 0.717) is 18.8 Å². The van der Waals surface area contributed by atoms with E-state index in [1.165, 1.54) is 54.0 Å². The number of imidazole rings is 1. The summed E-state index contributed by atoms with van der Waals surface area (Å²) in [6, 6.07) is 0. The first-order chi connectivity index (χ1) is 18.3. The van der Waals surface area contributed by atoms with Crippen molar-refractivity contribution in [1.29, 1.82) is 0 Å². The van der Waals surface area contributed by atoms with Crippen molar-refractivity contribution >= 4 is 23.7 Å². The molecule has 0 spiro atoms. The molecule has 1 heterocycles. The Bertz CT molecular complexity index is 930. The highest BCUT2D eigenvalue weighted by Crippen LogP contribution is 2.33. The van der Waals surface area contributed by atoms with Gasteiger partial charge in [0, 0.05) is 18.9 Å². The van der Waals surface area contributed by atoms with E-state index in [1.54, 1.807) is 0 Å². The summed E-state index contributed by atoms with van der Waals surface area (Å²) < 4.78 is 7.04. The number of esters is 1. The number of amides is 2. The molecule has 1 N–H and O–H groups in total. The van der Waals surface area contributed by atoms with Crippen LogP contribution < -0.4 is 5.43 Å². The number of hydrogen-bond donors (Lipinski definition) is 1. The molecule has 1 fully saturated rings. The Kier molecular flexibility index (Phi) is 12.6. The van der Waals surface area contributed by atoms with E-state index in [4.69, 9.17) is 4.74 Å². The first-order valence-corrected chi connectivity index (χ1v) is 14.6. The molecule has 220 valence electrons. The van der Waals surface area contributed by atoms with Crippen molar-refractivity contribution in [3.05, 3.63) is 18.7 Å². The van der Waals surface area contributed by atoms with Gasteiger partial charge in [-0.3, -0.25) is 34.2 Å². The maximum absolute atomic E-state index is 13.8. The zero-order valence-electron chi connectivity index (χ0n) is 25.1. The summed E-state index contributed by atoms with van der Waals surface area (Å²) in [5.74, 6) is -2.07. The lowest BCUT2D eigenvalue weighted by Crippen LogP contribution is -2.52. The van der Waals surface area contributed by atoms with Crippen LogP contribution in [-0.4, -0.2) is 50.4 Å². The molecule has 0 bridgehead atoms. The van der Waals surface area contributed by atoms with Crippen molar-refractivity contribution in [3.8, 4) is 0 Å². The molecule has 0 unspecified atom stereocenters. The summed E-state index contributed by atoms with van der Waals surface area (Å²) in [6.45, 7) is 13.6. The summed E-state index contributed by atoms with van der Waals surface area (Å²) in [6.07, 6.45) is 11.8. The first-order valence-electron chi connectivity index (χ1n) is 14.6. The summed E-state index contributed by atoms with van der Waals surface area (Å²) in [5.41, 5.74) is 2.12. The van der Waals surface area contributed by atoms with Gasteiger partial charge in [-0.05, 0) is 51.4 Å². The van der Waals surface area contributed by atoms with E-state index in [-0.39, 0.29) is 30.3 Å². The van der Waals surface area contributed by atoms with Crippen molar-refractivity contribution in [2.24, 2.45) is 29.6 Å². The van der Waals surface area contributed by atoms with Crippen LogP contribution in [0.4, 0.5) is 0 Å². The Morgan fingerprint density at radius 3 is 2.26 bits per heavy atom. The van der Waals surface area contributed by atoms with Crippen LogP contribution in [0.2, 0.25) is 0 Å². The molecule has 1 aliphatic rings. The minimum Gasteiger partial charge on any atom is -0.460 e. The molecule has 0 aliphatic heterocycles. The Labute approximate surface area is 234 Å². The molecule has 1 aliphatic carbocycles. The molecular weight excluding hydrogens is 496 g/mol. The number of ether oxygens (including phenoxy) is 1. The van der Waals surface area contributed by atoms with Crippen LogP contribution in [-0.2, 0) is 19.1 Å². The van der Waals surface area contributed by atoms with Crippen molar-refractivity contribution < 1.29 is 23.9 Å². The van der Waals surface area contributed by atoms with Gasteiger partial charge >= 0.3 is 5.97 Å². The number of hydrazine groups is 1. The number of rotatable bonds is 13. The van der Waals surface area contributed by atoms with Crippen molar-refractivity contribution in [2.45, 2.75) is 112 Å². The number of nitrogens with zero attached hydrogens (tertiary/aromatic N) is 3. The summed E-state index contributed by atoms with van der Waals surface area (Å²) in [5, 5.41) is 1.24. The molecule has 2 rings (SSSR count). The van der Waals surface area contributed by atoms with Crippen LogP contribution in [0.3, 0.4) is 0 Å². The van der Waals surface area contributed by atoms with Crippen molar-refractivity contribution in [2.75, 3.05) is 6.54 Å². The molecule has 0 saturated heterocycles. The minimum absolute atomic E-state index is 0.0502. The largest absolute Gasteiger partial charge is 0.460 e. The second-order valence-corrected chi connectivity index (χ2v) is 12.9. The van der Waals surface area contributed by atoms with Crippen LogP contribution in [0, 0.1) is 29.6 Å². The zero-order chi connectivity index (χ0) is 29.2. The van der Waals surface area contributed by atoms with Gasteiger partial charge in [0.2, 0.25) is 17.7 Å². The van der Waals surface area contributed by atoms with Gasteiger partial charge in [0.05, 0.1) is 11.8 Å². The average Bonchev–Trinajstić information content (AvgIpc) is 3.53. The molecule has 9 nitrogen and oxygen atoms in total. The minimum atomic E-state index is -0.674. The molecule has 2 amide bonds. The van der Waals surface area contributed by atoms with E-state index in [1.807, 2.05) is 48.5 Å². The van der Waals surface area contributed by atoms with Crippen molar-refractivity contribution in [1.82, 2.24) is 20.0 Å². The highest BCUT2D eigenvalue weighted by Gasteiger charge is 2.38. The van der Waals surface area contributed by atoms with Gasteiger partial charge in [0.25, 0.3) is 0 Å². The van der Waals surface area contributed by atoms with Crippen LogP contribution in [0.25, 0.3) is 0 Å². The third-order valence-corrected chi connectivity index (χ3v) is 7.05. The SMILES string of the molecule is CC(C)C[C@@H](C(=O)NN(CC(C)C)C(=O)CC(=O)n1ccnc1)[C@H](CCCC1CCCC1)C(=O)OC(C)(C)C. The molecule has 1 saturated carbocycles. The fourth-order valence-corrected chi connectivity index (χ4v) is 5.26. The zero-order valence-corrected chi connectivity index (χ0v) is 25.1. The third-order valence-electron chi connectivity index (χ3n) is 7.05. The predicted octanol–water partition coefficient (Wildman–Crippen LogP) is 5.41. The van der Waals surface area contributed by atoms with Crippen LogP contribution >= 0.6 is 0 Å². The lowest BCUT2D eigenvalue weighted by Gasteiger charge is -2.32. The quantitative estimate of drug-likeness (QED) is 0.201. The fourth-order valence-electron chi connectivity index (χ4n) is 5.26. The van der Waals surface area contributed by atoms with Gasteiger partial charge in [-0.15, -0.1) is 0 Å².